The van der Waals surface area contributed by atoms with E-state index >= 15 is 0 Å². The van der Waals surface area contributed by atoms with E-state index in [0.717, 1.165) is 32.1 Å². The van der Waals surface area contributed by atoms with Crippen LogP contribution in [0.5, 0.6) is 0 Å². The Morgan fingerprint density at radius 2 is 1.88 bits per heavy atom. The number of aliphatic carboxylic acids is 1. The third-order valence-corrected chi connectivity index (χ3v) is 3.90. The van der Waals surface area contributed by atoms with Crippen molar-refractivity contribution in [3.63, 3.8) is 0 Å². The summed E-state index contributed by atoms with van der Waals surface area (Å²) in [4.78, 5) is 24.6. The van der Waals surface area contributed by atoms with E-state index in [2.05, 4.69) is 5.32 Å². The second-order valence-electron chi connectivity index (χ2n) is 5.17. The molecule has 5 nitrogen and oxygen atoms in total. The lowest BCUT2D eigenvalue weighted by atomic mass is 10.0. The third-order valence-electron chi connectivity index (χ3n) is 3.90. The van der Waals surface area contributed by atoms with Crippen molar-refractivity contribution in [1.82, 2.24) is 10.2 Å². The third kappa shape index (κ3) is 2.53. The van der Waals surface area contributed by atoms with Crippen LogP contribution in [0.15, 0.2) is 0 Å². The SMILES string of the molecule is CC1CCN(C(=O)NC2CCCC2)C1C(=O)O. The Bertz CT molecular complexity index is 313. The van der Waals surface area contributed by atoms with Crippen LogP contribution in [0.1, 0.15) is 39.0 Å². The Kier molecular flexibility index (Phi) is 3.54. The number of nitrogens with one attached hydrogen (secondary N) is 1. The molecule has 2 unspecified atom stereocenters. The van der Waals surface area contributed by atoms with Crippen LogP contribution in [0.4, 0.5) is 4.79 Å². The summed E-state index contributed by atoms with van der Waals surface area (Å²) in [5.74, 6) is -0.849. The van der Waals surface area contributed by atoms with E-state index in [4.69, 9.17) is 5.11 Å². The number of likely N-dealkylation sites (tertiary alicyclic amines) is 1. The average Bonchev–Trinajstić information content (AvgIpc) is 2.86. The number of amides is 2. The summed E-state index contributed by atoms with van der Waals surface area (Å²) in [7, 11) is 0. The van der Waals surface area contributed by atoms with Crippen molar-refractivity contribution < 1.29 is 14.7 Å². The predicted molar refractivity (Wildman–Crippen MR) is 62.7 cm³/mol. The number of hydrogen-bond acceptors (Lipinski definition) is 2. The van der Waals surface area contributed by atoms with Gasteiger partial charge in [0.05, 0.1) is 0 Å². The molecule has 1 saturated carbocycles. The van der Waals surface area contributed by atoms with Crippen LogP contribution in [0.2, 0.25) is 0 Å². The molecule has 0 spiro atoms. The molecule has 2 aliphatic rings. The minimum absolute atomic E-state index is 0.0434. The minimum Gasteiger partial charge on any atom is -0.480 e. The Hall–Kier alpha value is -1.26. The van der Waals surface area contributed by atoms with Gasteiger partial charge < -0.3 is 15.3 Å². The van der Waals surface area contributed by atoms with Gasteiger partial charge in [-0.2, -0.15) is 0 Å². The highest BCUT2D eigenvalue weighted by molar-refractivity contribution is 5.83. The first-order chi connectivity index (χ1) is 8.09. The molecule has 2 atom stereocenters. The Balaban J connectivity index is 1.95. The molecule has 96 valence electrons. The highest BCUT2D eigenvalue weighted by atomic mass is 16.4. The molecular formula is C12H20N2O3. The number of carboxylic acids is 1. The fourth-order valence-corrected chi connectivity index (χ4v) is 2.88. The number of carbonyl (C=O) groups excluding carboxylic acids is 1. The number of rotatable bonds is 2. The predicted octanol–water partition coefficient (Wildman–Crippen LogP) is 1.43. The van der Waals surface area contributed by atoms with Gasteiger partial charge in [-0.15, -0.1) is 0 Å². The van der Waals surface area contributed by atoms with Crippen LogP contribution in [0.25, 0.3) is 0 Å². The fraction of sp³-hybridized carbons (Fsp3) is 0.833. The maximum Gasteiger partial charge on any atom is 0.326 e. The van der Waals surface area contributed by atoms with Gasteiger partial charge in [-0.05, 0) is 25.2 Å². The first-order valence-corrected chi connectivity index (χ1v) is 6.39. The molecular weight excluding hydrogens is 220 g/mol. The van der Waals surface area contributed by atoms with Gasteiger partial charge in [0.15, 0.2) is 0 Å². The largest absolute Gasteiger partial charge is 0.480 e. The zero-order chi connectivity index (χ0) is 12.4. The molecule has 1 saturated heterocycles. The smallest absolute Gasteiger partial charge is 0.326 e. The van der Waals surface area contributed by atoms with Crippen molar-refractivity contribution in [3.05, 3.63) is 0 Å². The molecule has 1 heterocycles. The van der Waals surface area contributed by atoms with Gasteiger partial charge in [0.25, 0.3) is 0 Å². The fourth-order valence-electron chi connectivity index (χ4n) is 2.88. The summed E-state index contributed by atoms with van der Waals surface area (Å²) in [6.07, 6.45) is 5.13. The Morgan fingerprint density at radius 1 is 1.24 bits per heavy atom. The molecule has 2 amide bonds. The number of carboxylic acid groups (broad SMARTS) is 1. The lowest BCUT2D eigenvalue weighted by Gasteiger charge is -2.25. The van der Waals surface area contributed by atoms with E-state index in [9.17, 15) is 9.59 Å². The molecule has 0 aromatic rings. The van der Waals surface area contributed by atoms with Crippen LogP contribution in [0.3, 0.4) is 0 Å². The van der Waals surface area contributed by atoms with Crippen molar-refractivity contribution in [1.29, 1.82) is 0 Å². The second-order valence-corrected chi connectivity index (χ2v) is 5.17. The molecule has 1 aliphatic heterocycles. The van der Waals surface area contributed by atoms with Gasteiger partial charge in [0.2, 0.25) is 0 Å². The van der Waals surface area contributed by atoms with E-state index in [0.29, 0.717) is 6.54 Å². The molecule has 5 heteroatoms. The van der Waals surface area contributed by atoms with Crippen molar-refractivity contribution in [2.24, 2.45) is 5.92 Å². The summed E-state index contributed by atoms with van der Waals surface area (Å²) in [6, 6.07) is -0.613. The molecule has 0 radical (unpaired) electrons. The topological polar surface area (TPSA) is 69.6 Å². The molecule has 0 aromatic heterocycles. The highest BCUT2D eigenvalue weighted by Crippen LogP contribution is 2.25. The van der Waals surface area contributed by atoms with Crippen LogP contribution >= 0.6 is 0 Å². The number of carbonyl (C=O) groups is 2. The number of nitrogens with zero attached hydrogens (tertiary/aromatic N) is 1. The van der Waals surface area contributed by atoms with Crippen LogP contribution in [-0.4, -0.2) is 40.6 Å². The average molecular weight is 240 g/mol. The molecule has 0 bridgehead atoms. The van der Waals surface area contributed by atoms with Crippen molar-refractivity contribution in [3.8, 4) is 0 Å². The van der Waals surface area contributed by atoms with Gasteiger partial charge in [-0.3, -0.25) is 0 Å². The number of urea groups is 1. The molecule has 2 N–H and O–H groups in total. The van der Waals surface area contributed by atoms with E-state index < -0.39 is 12.0 Å². The monoisotopic (exact) mass is 240 g/mol. The summed E-state index contributed by atoms with van der Waals surface area (Å²) < 4.78 is 0. The quantitative estimate of drug-likeness (QED) is 0.767. The van der Waals surface area contributed by atoms with Gasteiger partial charge in [-0.25, -0.2) is 9.59 Å². The summed E-state index contributed by atoms with van der Waals surface area (Å²) in [5, 5.41) is 12.1. The standard InChI is InChI=1S/C12H20N2O3/c1-8-6-7-14(10(8)11(15)16)12(17)13-9-4-2-3-5-9/h8-10H,2-7H2,1H3,(H,13,17)(H,15,16). The zero-order valence-corrected chi connectivity index (χ0v) is 10.2. The van der Waals surface area contributed by atoms with Crippen LogP contribution < -0.4 is 5.32 Å². The minimum atomic E-state index is -0.892. The summed E-state index contributed by atoms with van der Waals surface area (Å²) >= 11 is 0. The van der Waals surface area contributed by atoms with E-state index in [1.807, 2.05) is 6.92 Å². The van der Waals surface area contributed by atoms with Gasteiger partial charge in [-0.1, -0.05) is 19.8 Å². The second kappa shape index (κ2) is 4.94. The van der Waals surface area contributed by atoms with Crippen molar-refractivity contribution in [2.45, 2.75) is 51.1 Å². The Labute approximate surface area is 101 Å². The molecule has 0 aromatic carbocycles. The van der Waals surface area contributed by atoms with Gasteiger partial charge in [0.1, 0.15) is 6.04 Å². The van der Waals surface area contributed by atoms with E-state index in [1.54, 1.807) is 0 Å². The molecule has 2 fully saturated rings. The summed E-state index contributed by atoms with van der Waals surface area (Å²) in [5.41, 5.74) is 0. The molecule has 2 rings (SSSR count). The maximum atomic E-state index is 12.0. The number of hydrogen-bond donors (Lipinski definition) is 2. The van der Waals surface area contributed by atoms with E-state index in [1.165, 1.54) is 4.90 Å². The Morgan fingerprint density at radius 3 is 2.47 bits per heavy atom. The van der Waals surface area contributed by atoms with Crippen LogP contribution in [-0.2, 0) is 4.79 Å². The van der Waals surface area contributed by atoms with Crippen LogP contribution in [0, 0.1) is 5.92 Å². The zero-order valence-electron chi connectivity index (χ0n) is 10.2. The van der Waals surface area contributed by atoms with Gasteiger partial charge in [0, 0.05) is 12.6 Å². The molecule has 1 aliphatic carbocycles. The highest BCUT2D eigenvalue weighted by Gasteiger charge is 2.40. The lowest BCUT2D eigenvalue weighted by Crippen LogP contribution is -2.49. The first-order valence-electron chi connectivity index (χ1n) is 6.39. The normalized spacial score (nSPS) is 29.6. The van der Waals surface area contributed by atoms with Crippen molar-refractivity contribution in [2.75, 3.05) is 6.54 Å². The lowest BCUT2D eigenvalue weighted by molar-refractivity contribution is -0.142. The van der Waals surface area contributed by atoms with Crippen molar-refractivity contribution >= 4 is 12.0 Å². The first kappa shape index (κ1) is 12.2. The van der Waals surface area contributed by atoms with E-state index in [-0.39, 0.29) is 18.0 Å². The van der Waals surface area contributed by atoms with Gasteiger partial charge >= 0.3 is 12.0 Å². The molecule has 17 heavy (non-hydrogen) atoms. The summed E-state index contributed by atoms with van der Waals surface area (Å²) in [6.45, 7) is 2.44. The maximum absolute atomic E-state index is 12.0.